The molecule has 0 atom stereocenters. The summed E-state index contributed by atoms with van der Waals surface area (Å²) in [5.41, 5.74) is 5.71. The average molecular weight is 364 g/mol. The Morgan fingerprint density at radius 2 is 1.90 bits per heavy atom. The molecule has 0 aliphatic carbocycles. The number of thioether (sulfide) groups is 1. The largest absolute Gasteiger partial charge is 0.392 e. The number of sulfonamides is 1. The molecule has 1 rings (SSSR count). The maximum absolute atomic E-state index is 12.1. The molecule has 2 N–H and O–H groups in total. The van der Waals surface area contributed by atoms with Crippen LogP contribution in [-0.2, 0) is 10.0 Å². The number of hydrogen-bond acceptors (Lipinski definition) is 4. The molecule has 124 valence electrons. The summed E-state index contributed by atoms with van der Waals surface area (Å²) in [5, 5.41) is 0. The zero-order valence-corrected chi connectivity index (χ0v) is 14.1. The highest BCUT2D eigenvalue weighted by Crippen LogP contribution is 2.35. The van der Waals surface area contributed by atoms with Crippen LogP contribution in [0.25, 0.3) is 0 Å². The van der Waals surface area contributed by atoms with Crippen LogP contribution in [0.15, 0.2) is 0 Å². The number of nitrogens with zero attached hydrogens (tertiary/aromatic N) is 1. The van der Waals surface area contributed by atoms with Crippen LogP contribution in [0.2, 0.25) is 0 Å². The lowest BCUT2D eigenvalue weighted by Crippen LogP contribution is -2.51. The summed E-state index contributed by atoms with van der Waals surface area (Å²) in [6, 6.07) is 0. The summed E-state index contributed by atoms with van der Waals surface area (Å²) < 4.78 is 61.1. The molecule has 0 aromatic carbocycles. The van der Waals surface area contributed by atoms with Gasteiger partial charge in [-0.2, -0.15) is 24.9 Å². The monoisotopic (exact) mass is 364 g/mol. The van der Waals surface area contributed by atoms with E-state index in [4.69, 9.17) is 18.0 Å². The van der Waals surface area contributed by atoms with Gasteiger partial charge in [0.05, 0.1) is 15.5 Å². The van der Waals surface area contributed by atoms with E-state index in [-0.39, 0.29) is 13.1 Å². The Kier molecular flexibility index (Phi) is 6.34. The molecule has 1 aliphatic rings. The molecule has 1 saturated heterocycles. The maximum Gasteiger partial charge on any atom is 0.389 e. The molecule has 1 fully saturated rings. The van der Waals surface area contributed by atoms with Crippen LogP contribution in [0.5, 0.6) is 0 Å². The zero-order valence-electron chi connectivity index (χ0n) is 11.6. The minimum absolute atomic E-state index is 0.243. The molecule has 0 aromatic heterocycles. The van der Waals surface area contributed by atoms with Crippen molar-refractivity contribution >= 4 is 39.0 Å². The predicted molar refractivity (Wildman–Crippen MR) is 82.9 cm³/mol. The molecule has 0 saturated carbocycles. The van der Waals surface area contributed by atoms with Crippen molar-refractivity contribution in [3.63, 3.8) is 0 Å². The van der Waals surface area contributed by atoms with E-state index < -0.39 is 39.5 Å². The second-order valence-corrected chi connectivity index (χ2v) is 8.71. The lowest BCUT2D eigenvalue weighted by atomic mass is 9.97. The first-order chi connectivity index (χ1) is 9.52. The molecule has 1 aliphatic heterocycles. The van der Waals surface area contributed by atoms with Crippen molar-refractivity contribution in [1.29, 1.82) is 0 Å². The van der Waals surface area contributed by atoms with E-state index in [1.807, 2.05) is 6.26 Å². The van der Waals surface area contributed by atoms with Gasteiger partial charge in [0.1, 0.15) is 0 Å². The van der Waals surface area contributed by atoms with Gasteiger partial charge >= 0.3 is 6.18 Å². The Balaban J connectivity index is 2.58. The fourth-order valence-corrected chi connectivity index (χ4v) is 5.01. The van der Waals surface area contributed by atoms with Crippen LogP contribution in [-0.4, -0.2) is 53.7 Å². The molecule has 4 nitrogen and oxygen atoms in total. The number of halogens is 3. The van der Waals surface area contributed by atoms with E-state index in [0.717, 1.165) is 0 Å². The Morgan fingerprint density at radius 1 is 1.38 bits per heavy atom. The minimum atomic E-state index is -4.32. The molecular formula is C11H19F3N2O2S3. The van der Waals surface area contributed by atoms with Gasteiger partial charge in [-0.1, -0.05) is 12.2 Å². The van der Waals surface area contributed by atoms with Gasteiger partial charge in [0, 0.05) is 19.5 Å². The van der Waals surface area contributed by atoms with E-state index in [1.165, 1.54) is 16.1 Å². The third-order valence-electron chi connectivity index (χ3n) is 3.63. The first kappa shape index (κ1) is 19.0. The van der Waals surface area contributed by atoms with Gasteiger partial charge in [-0.3, -0.25) is 0 Å². The Hall–Kier alpha value is -0.0600. The van der Waals surface area contributed by atoms with Crippen molar-refractivity contribution in [3.8, 4) is 0 Å². The number of thiocarbonyl (C=S) groups is 1. The van der Waals surface area contributed by atoms with Crippen LogP contribution in [0.4, 0.5) is 13.2 Å². The fourth-order valence-electron chi connectivity index (χ4n) is 2.26. The molecule has 0 spiro atoms. The third-order valence-corrected chi connectivity index (χ3v) is 7.51. The molecule has 21 heavy (non-hydrogen) atoms. The second kappa shape index (κ2) is 7.01. The molecular weight excluding hydrogens is 345 g/mol. The van der Waals surface area contributed by atoms with Crippen LogP contribution in [0.1, 0.15) is 25.7 Å². The average Bonchev–Trinajstić information content (AvgIpc) is 2.36. The van der Waals surface area contributed by atoms with Crippen molar-refractivity contribution in [2.75, 3.05) is 25.1 Å². The first-order valence-corrected chi connectivity index (χ1v) is 9.66. The normalized spacial score (nSPS) is 20.4. The number of nitrogens with two attached hydrogens (primary N) is 1. The van der Waals surface area contributed by atoms with Gasteiger partial charge in [-0.15, -0.1) is 0 Å². The van der Waals surface area contributed by atoms with Crippen molar-refractivity contribution in [2.45, 2.75) is 36.6 Å². The molecule has 0 aromatic rings. The van der Waals surface area contributed by atoms with Crippen molar-refractivity contribution in [3.05, 3.63) is 0 Å². The highest BCUT2D eigenvalue weighted by molar-refractivity contribution is 8.02. The maximum atomic E-state index is 12.1. The Labute approximate surface area is 132 Å². The molecule has 0 bridgehead atoms. The molecule has 1 heterocycles. The van der Waals surface area contributed by atoms with Crippen molar-refractivity contribution in [2.24, 2.45) is 5.73 Å². The number of alkyl halides is 3. The topological polar surface area (TPSA) is 63.4 Å². The van der Waals surface area contributed by atoms with Gasteiger partial charge in [0.15, 0.2) is 0 Å². The fraction of sp³-hybridized carbons (Fsp3) is 0.909. The summed E-state index contributed by atoms with van der Waals surface area (Å²) in [6.07, 6.45) is -2.97. The highest BCUT2D eigenvalue weighted by Gasteiger charge is 2.39. The summed E-state index contributed by atoms with van der Waals surface area (Å²) in [6.45, 7) is 0.485. The molecule has 0 radical (unpaired) electrons. The minimum Gasteiger partial charge on any atom is -0.392 e. The van der Waals surface area contributed by atoms with Gasteiger partial charge < -0.3 is 5.73 Å². The molecule has 0 amide bonds. The van der Waals surface area contributed by atoms with E-state index in [9.17, 15) is 21.6 Å². The van der Waals surface area contributed by atoms with Crippen LogP contribution >= 0.6 is 24.0 Å². The number of hydrogen-bond donors (Lipinski definition) is 1. The van der Waals surface area contributed by atoms with Crippen LogP contribution in [0, 0.1) is 0 Å². The number of piperidine rings is 1. The lowest BCUT2D eigenvalue weighted by Gasteiger charge is -2.39. The third kappa shape index (κ3) is 5.26. The quantitative estimate of drug-likeness (QED) is 0.732. The van der Waals surface area contributed by atoms with Gasteiger partial charge in [0.2, 0.25) is 10.0 Å². The second-order valence-electron chi connectivity index (χ2n) is 5.00. The summed E-state index contributed by atoms with van der Waals surface area (Å²) in [7, 11) is -3.65. The number of rotatable bonds is 6. The van der Waals surface area contributed by atoms with Gasteiger partial charge in [-0.25, -0.2) is 12.7 Å². The molecule has 10 heteroatoms. The van der Waals surface area contributed by atoms with Crippen LogP contribution in [0.3, 0.4) is 0 Å². The van der Waals surface area contributed by atoms with Crippen molar-refractivity contribution < 1.29 is 21.6 Å². The SMILES string of the molecule is CSC1(C(N)=S)CCN(S(=O)(=O)CCCC(F)(F)F)CC1. The Bertz CT molecular complexity index is 472. The van der Waals surface area contributed by atoms with Crippen molar-refractivity contribution in [1.82, 2.24) is 4.31 Å². The summed E-state index contributed by atoms with van der Waals surface area (Å²) in [5.74, 6) is -0.480. The van der Waals surface area contributed by atoms with E-state index in [1.54, 1.807) is 0 Å². The Morgan fingerprint density at radius 3 is 2.29 bits per heavy atom. The summed E-state index contributed by atoms with van der Waals surface area (Å²) >= 11 is 6.53. The summed E-state index contributed by atoms with van der Waals surface area (Å²) in [4.78, 5) is 0.351. The lowest BCUT2D eigenvalue weighted by molar-refractivity contribution is -0.134. The van der Waals surface area contributed by atoms with E-state index >= 15 is 0 Å². The highest BCUT2D eigenvalue weighted by atomic mass is 32.2. The standard InChI is InChI=1S/C11H19F3N2O2S3/c1-20-10(9(15)19)4-6-16(7-5-10)21(17,18)8-2-3-11(12,13)14/h2-8H2,1H3,(H2,15,19). The van der Waals surface area contributed by atoms with Gasteiger partial charge in [0.25, 0.3) is 0 Å². The smallest absolute Gasteiger partial charge is 0.389 e. The predicted octanol–water partition coefficient (Wildman–Crippen LogP) is 2.14. The van der Waals surface area contributed by atoms with Crippen LogP contribution < -0.4 is 5.73 Å². The first-order valence-electron chi connectivity index (χ1n) is 6.42. The van der Waals surface area contributed by atoms with E-state index in [2.05, 4.69) is 0 Å². The zero-order chi connectivity index (χ0) is 16.3. The van der Waals surface area contributed by atoms with Gasteiger partial charge in [-0.05, 0) is 25.5 Å². The van der Waals surface area contributed by atoms with E-state index in [0.29, 0.717) is 17.8 Å². The molecule has 0 unspecified atom stereocenters.